The molecule has 0 spiro atoms. The van der Waals surface area contributed by atoms with E-state index < -0.39 is 18.2 Å². The lowest BCUT2D eigenvalue weighted by molar-refractivity contribution is -0.134. The molecule has 0 aliphatic carbocycles. The number of nitrogens with one attached hydrogen (secondary N) is 3. The molecule has 3 aromatic rings. The van der Waals surface area contributed by atoms with Gasteiger partial charge in [0.2, 0.25) is 12.7 Å². The number of amides is 5. The predicted molar refractivity (Wildman–Crippen MR) is 165 cm³/mol. The molecule has 5 amide bonds. The maximum Gasteiger partial charge on any atom is 0.323 e. The molecule has 1 aromatic heterocycles. The molecule has 240 valence electrons. The molecule has 0 saturated heterocycles. The Kier molecular flexibility index (Phi) is 9.32. The van der Waals surface area contributed by atoms with E-state index in [1.54, 1.807) is 69.1 Å². The second kappa shape index (κ2) is 13.3. The van der Waals surface area contributed by atoms with Crippen molar-refractivity contribution in [3.8, 4) is 17.2 Å². The average Bonchev–Trinajstić information content (AvgIpc) is 3.61. The fourth-order valence-corrected chi connectivity index (χ4v) is 5.21. The first-order valence-corrected chi connectivity index (χ1v) is 14.6. The highest BCUT2D eigenvalue weighted by molar-refractivity contribution is 6.00. The third-order valence-electron chi connectivity index (χ3n) is 7.87. The molecule has 0 fully saturated rings. The summed E-state index contributed by atoms with van der Waals surface area (Å²) in [6.07, 6.45) is -0.530. The van der Waals surface area contributed by atoms with E-state index in [1.165, 1.54) is 4.90 Å². The summed E-state index contributed by atoms with van der Waals surface area (Å²) in [6.45, 7) is 7.60. The summed E-state index contributed by atoms with van der Waals surface area (Å²) in [5.41, 5.74) is 2.60. The van der Waals surface area contributed by atoms with Gasteiger partial charge in [-0.3, -0.25) is 4.79 Å². The first kappa shape index (κ1) is 31.4. The number of likely N-dealkylation sites (N-methyl/N-ethyl adjacent to an activating group) is 1. The Hall–Kier alpha value is -4.98. The lowest BCUT2D eigenvalue weighted by Gasteiger charge is -2.34. The van der Waals surface area contributed by atoms with Crippen molar-refractivity contribution in [3.05, 3.63) is 53.4 Å². The molecular formula is C31H38N6O8. The average molecular weight is 623 g/mol. The molecule has 14 nitrogen and oxygen atoms in total. The van der Waals surface area contributed by atoms with Gasteiger partial charge < -0.3 is 49.6 Å². The van der Waals surface area contributed by atoms with Crippen molar-refractivity contribution in [1.82, 2.24) is 15.0 Å². The summed E-state index contributed by atoms with van der Waals surface area (Å²) < 4.78 is 22.3. The normalized spacial score (nSPS) is 18.1. The van der Waals surface area contributed by atoms with Gasteiger partial charge in [0.25, 0.3) is 0 Å². The Morgan fingerprint density at radius 2 is 1.76 bits per heavy atom. The minimum absolute atomic E-state index is 0.0131. The zero-order valence-electron chi connectivity index (χ0n) is 25.9. The van der Waals surface area contributed by atoms with Crippen LogP contribution < -0.4 is 30.2 Å². The Morgan fingerprint density at radius 1 is 1.07 bits per heavy atom. The van der Waals surface area contributed by atoms with E-state index in [0.717, 1.165) is 0 Å². The minimum atomic E-state index is -0.517. The molecule has 0 radical (unpaired) electrons. The molecular weight excluding hydrogens is 584 g/mol. The number of aliphatic hydroxyl groups excluding tert-OH is 1. The predicted octanol–water partition coefficient (Wildman–Crippen LogP) is 3.98. The standard InChI is InChI=1S/C31H38N6O8/c1-17-13-37(18(2)15-38)28(39)11-21-10-22(32-30(40)33-23-7-9-25-26(12-23)43-16-42-25)6-8-24(21)44-27(17)14-36(5)31(41)34-29-19(3)35-45-20(29)4/h6-10,12,17-18,27,38H,11,13-16H2,1-5H3,(H,34,41)(H2,32,33,40)/t17-,18-,27+/m1/s1. The number of carbonyl (C=O) groups excluding carboxylic acids is 3. The van der Waals surface area contributed by atoms with E-state index in [1.807, 2.05) is 6.92 Å². The fraction of sp³-hybridized carbons (Fsp3) is 0.419. The maximum atomic E-state index is 13.5. The van der Waals surface area contributed by atoms with Crippen LogP contribution in [0, 0.1) is 19.8 Å². The number of nitrogens with zero attached hydrogens (tertiary/aromatic N) is 3. The van der Waals surface area contributed by atoms with Crippen molar-refractivity contribution in [3.63, 3.8) is 0 Å². The van der Waals surface area contributed by atoms with Gasteiger partial charge in [-0.05, 0) is 51.1 Å². The highest BCUT2D eigenvalue weighted by Crippen LogP contribution is 2.34. The van der Waals surface area contributed by atoms with Crippen molar-refractivity contribution in [2.24, 2.45) is 5.92 Å². The fourth-order valence-electron chi connectivity index (χ4n) is 5.21. The number of carbonyl (C=O) groups is 3. The second-order valence-electron chi connectivity index (χ2n) is 11.4. The van der Waals surface area contributed by atoms with Crippen LogP contribution in [0.5, 0.6) is 17.2 Å². The Morgan fingerprint density at radius 3 is 2.44 bits per heavy atom. The van der Waals surface area contributed by atoms with E-state index in [4.69, 9.17) is 18.7 Å². The SMILES string of the molecule is Cc1noc(C)c1NC(=O)N(C)C[C@@H]1Oc2ccc(NC(=O)Nc3ccc4c(c3)OCO4)cc2CC(=O)N([C@H](C)CO)C[C@H]1C. The van der Waals surface area contributed by atoms with E-state index in [0.29, 0.717) is 57.9 Å². The number of hydrogen-bond donors (Lipinski definition) is 4. The van der Waals surface area contributed by atoms with Crippen LogP contribution in [0.3, 0.4) is 0 Å². The van der Waals surface area contributed by atoms with Gasteiger partial charge in [-0.1, -0.05) is 12.1 Å². The summed E-state index contributed by atoms with van der Waals surface area (Å²) in [5.74, 6) is 1.69. The highest BCUT2D eigenvalue weighted by atomic mass is 16.7. The molecule has 2 aliphatic rings. The third kappa shape index (κ3) is 7.23. The van der Waals surface area contributed by atoms with Gasteiger partial charge in [0.05, 0.1) is 25.6 Å². The minimum Gasteiger partial charge on any atom is -0.488 e. The summed E-state index contributed by atoms with van der Waals surface area (Å²) in [4.78, 5) is 42.6. The van der Waals surface area contributed by atoms with Crippen LogP contribution in [-0.4, -0.2) is 83.7 Å². The van der Waals surface area contributed by atoms with Crippen molar-refractivity contribution >= 4 is 35.0 Å². The van der Waals surface area contributed by atoms with Crippen LogP contribution in [-0.2, 0) is 11.2 Å². The lowest BCUT2D eigenvalue weighted by atomic mass is 10.0. The molecule has 0 saturated carbocycles. The molecule has 2 aromatic carbocycles. The summed E-state index contributed by atoms with van der Waals surface area (Å²) in [6, 6.07) is 8.87. The van der Waals surface area contributed by atoms with Crippen LogP contribution >= 0.6 is 0 Å². The number of fused-ring (bicyclic) bond motifs is 2. The molecule has 2 aliphatic heterocycles. The van der Waals surface area contributed by atoms with E-state index >= 15 is 0 Å². The zero-order valence-corrected chi connectivity index (χ0v) is 25.9. The number of benzene rings is 2. The smallest absolute Gasteiger partial charge is 0.323 e. The van der Waals surface area contributed by atoms with E-state index in [9.17, 15) is 19.5 Å². The van der Waals surface area contributed by atoms with Crippen LogP contribution in [0.15, 0.2) is 40.9 Å². The molecule has 0 bridgehead atoms. The number of aryl methyl sites for hydroxylation is 2. The maximum absolute atomic E-state index is 13.5. The Balaban J connectivity index is 1.35. The molecule has 0 unspecified atom stereocenters. The van der Waals surface area contributed by atoms with Crippen molar-refractivity contribution in [2.45, 2.75) is 46.3 Å². The summed E-state index contributed by atoms with van der Waals surface area (Å²) in [5, 5.41) is 22.2. The van der Waals surface area contributed by atoms with Gasteiger partial charge in [0.1, 0.15) is 23.2 Å². The molecule has 14 heteroatoms. The molecule has 45 heavy (non-hydrogen) atoms. The van der Waals surface area contributed by atoms with Gasteiger partial charge in [-0.15, -0.1) is 0 Å². The van der Waals surface area contributed by atoms with Crippen LogP contribution in [0.2, 0.25) is 0 Å². The monoisotopic (exact) mass is 622 g/mol. The Bertz CT molecular complexity index is 1560. The van der Waals surface area contributed by atoms with Crippen LogP contribution in [0.4, 0.5) is 26.7 Å². The number of anilines is 3. The third-order valence-corrected chi connectivity index (χ3v) is 7.87. The second-order valence-corrected chi connectivity index (χ2v) is 11.4. The number of urea groups is 2. The van der Waals surface area contributed by atoms with Crippen LogP contribution in [0.1, 0.15) is 30.9 Å². The van der Waals surface area contributed by atoms with Gasteiger partial charge in [0, 0.05) is 42.5 Å². The van der Waals surface area contributed by atoms with Gasteiger partial charge in [-0.2, -0.15) is 0 Å². The number of rotatable bonds is 7. The largest absolute Gasteiger partial charge is 0.488 e. The summed E-state index contributed by atoms with van der Waals surface area (Å²) in [7, 11) is 1.65. The zero-order chi connectivity index (χ0) is 32.2. The first-order chi connectivity index (χ1) is 21.5. The number of aromatic nitrogens is 1. The lowest BCUT2D eigenvalue weighted by Crippen LogP contribution is -2.48. The van der Waals surface area contributed by atoms with Gasteiger partial charge in [0.15, 0.2) is 17.3 Å². The van der Waals surface area contributed by atoms with Crippen LogP contribution in [0.25, 0.3) is 0 Å². The van der Waals surface area contributed by atoms with Crippen molar-refractivity contribution < 1.29 is 38.2 Å². The van der Waals surface area contributed by atoms with E-state index in [-0.39, 0.29) is 44.2 Å². The quantitative estimate of drug-likeness (QED) is 0.305. The number of ether oxygens (including phenoxy) is 3. The Labute approximate surface area is 260 Å². The number of hydrogen-bond acceptors (Lipinski definition) is 9. The number of aliphatic hydroxyl groups is 1. The van der Waals surface area contributed by atoms with E-state index in [2.05, 4.69) is 21.1 Å². The van der Waals surface area contributed by atoms with Gasteiger partial charge in [-0.25, -0.2) is 9.59 Å². The molecule has 5 rings (SSSR count). The first-order valence-electron chi connectivity index (χ1n) is 14.6. The van der Waals surface area contributed by atoms with Crippen molar-refractivity contribution in [2.75, 3.05) is 49.5 Å². The topological polar surface area (TPSA) is 168 Å². The molecule has 4 N–H and O–H groups in total. The highest BCUT2D eigenvalue weighted by Gasteiger charge is 2.32. The van der Waals surface area contributed by atoms with Gasteiger partial charge >= 0.3 is 12.1 Å². The summed E-state index contributed by atoms with van der Waals surface area (Å²) >= 11 is 0. The molecule has 3 atom stereocenters. The van der Waals surface area contributed by atoms with Crippen molar-refractivity contribution in [1.29, 1.82) is 0 Å². The molecule has 3 heterocycles.